The summed E-state index contributed by atoms with van der Waals surface area (Å²) in [5.74, 6) is 0.678. The highest BCUT2D eigenvalue weighted by molar-refractivity contribution is 5.90. The van der Waals surface area contributed by atoms with Crippen LogP contribution in [0.25, 0.3) is 11.0 Å². The van der Waals surface area contributed by atoms with E-state index in [0.717, 1.165) is 5.56 Å². The summed E-state index contributed by atoms with van der Waals surface area (Å²) in [5.41, 5.74) is 1.71. The van der Waals surface area contributed by atoms with Gasteiger partial charge in [-0.2, -0.15) is 0 Å². The average molecular weight is 354 g/mol. The number of carbonyl (C=O) groups excluding carboxylic acids is 1. The van der Waals surface area contributed by atoms with Crippen LogP contribution < -0.4 is 15.1 Å². The number of esters is 1. The van der Waals surface area contributed by atoms with Gasteiger partial charge in [0.1, 0.15) is 23.7 Å². The van der Waals surface area contributed by atoms with Gasteiger partial charge in [0, 0.05) is 23.1 Å². The molecule has 0 bridgehead atoms. The van der Waals surface area contributed by atoms with Gasteiger partial charge in [0.2, 0.25) is 0 Å². The Kier molecular flexibility index (Phi) is 4.93. The topological polar surface area (TPSA) is 75.0 Å². The first kappa shape index (κ1) is 17.5. The number of hydrogen-bond acceptors (Lipinski definition) is 6. The zero-order valence-corrected chi connectivity index (χ0v) is 14.7. The predicted octanol–water partition coefficient (Wildman–Crippen LogP) is 3.48. The third kappa shape index (κ3) is 3.54. The van der Waals surface area contributed by atoms with Gasteiger partial charge in [-0.1, -0.05) is 6.07 Å². The summed E-state index contributed by atoms with van der Waals surface area (Å²) in [6.45, 7) is 1.83. The molecule has 0 fully saturated rings. The summed E-state index contributed by atoms with van der Waals surface area (Å²) in [6.07, 6.45) is 0. The van der Waals surface area contributed by atoms with Crippen LogP contribution in [0.5, 0.6) is 11.5 Å². The van der Waals surface area contributed by atoms with Crippen molar-refractivity contribution in [2.24, 2.45) is 0 Å². The van der Waals surface area contributed by atoms with E-state index in [1.807, 2.05) is 6.92 Å². The number of methoxy groups -OCH3 is 2. The summed E-state index contributed by atoms with van der Waals surface area (Å²) in [5, 5.41) is 0.680. The van der Waals surface area contributed by atoms with Crippen LogP contribution in [-0.2, 0) is 11.3 Å². The number of hydrogen-bond donors (Lipinski definition) is 0. The molecule has 0 aliphatic heterocycles. The average Bonchev–Trinajstić information content (AvgIpc) is 2.65. The zero-order chi connectivity index (χ0) is 18.7. The molecule has 6 nitrogen and oxygen atoms in total. The van der Waals surface area contributed by atoms with E-state index in [9.17, 15) is 9.59 Å². The van der Waals surface area contributed by atoms with E-state index in [-0.39, 0.29) is 6.61 Å². The van der Waals surface area contributed by atoms with Gasteiger partial charge in [-0.15, -0.1) is 0 Å². The third-order valence-corrected chi connectivity index (χ3v) is 4.04. The van der Waals surface area contributed by atoms with Gasteiger partial charge in [0.05, 0.1) is 19.8 Å². The second kappa shape index (κ2) is 7.31. The smallest absolute Gasteiger partial charge is 0.338 e. The third-order valence-electron chi connectivity index (χ3n) is 4.04. The molecule has 0 N–H and O–H groups in total. The molecule has 0 unspecified atom stereocenters. The molecule has 1 aromatic heterocycles. The maximum atomic E-state index is 12.3. The van der Waals surface area contributed by atoms with Crippen LogP contribution in [0.1, 0.15) is 21.5 Å². The zero-order valence-electron chi connectivity index (χ0n) is 14.7. The molecule has 2 aromatic carbocycles. The molecule has 1 heterocycles. The van der Waals surface area contributed by atoms with Gasteiger partial charge in [0.25, 0.3) is 0 Å². The van der Waals surface area contributed by atoms with Crippen molar-refractivity contribution in [1.29, 1.82) is 0 Å². The number of carbonyl (C=O) groups is 1. The Hall–Kier alpha value is -3.28. The van der Waals surface area contributed by atoms with Crippen molar-refractivity contribution in [3.8, 4) is 11.5 Å². The number of benzene rings is 2. The molecule has 0 atom stereocenters. The van der Waals surface area contributed by atoms with E-state index in [1.54, 1.807) is 43.5 Å². The van der Waals surface area contributed by atoms with Crippen LogP contribution in [0.2, 0.25) is 0 Å². The Morgan fingerprint density at radius 3 is 2.58 bits per heavy atom. The highest BCUT2D eigenvalue weighted by Crippen LogP contribution is 2.24. The molecule has 0 spiro atoms. The number of ether oxygens (including phenoxy) is 3. The molecule has 134 valence electrons. The van der Waals surface area contributed by atoms with Crippen LogP contribution in [-0.4, -0.2) is 20.2 Å². The standard InChI is InChI=1S/C20H18O6/c1-12-4-5-13(8-17(12)24-3)20(22)25-11-14-9-19(21)26-18-10-15(23-2)6-7-16(14)18/h4-10H,11H2,1-3H3. The fourth-order valence-corrected chi connectivity index (χ4v) is 2.63. The summed E-state index contributed by atoms with van der Waals surface area (Å²) < 4.78 is 20.9. The molecule has 0 aliphatic rings. The van der Waals surface area contributed by atoms with Crippen LogP contribution in [0, 0.1) is 6.92 Å². The summed E-state index contributed by atoms with van der Waals surface area (Å²) >= 11 is 0. The molecule has 0 aliphatic carbocycles. The second-order valence-electron chi connectivity index (χ2n) is 5.71. The first-order chi connectivity index (χ1) is 12.5. The van der Waals surface area contributed by atoms with E-state index < -0.39 is 11.6 Å². The van der Waals surface area contributed by atoms with Crippen molar-refractivity contribution in [3.63, 3.8) is 0 Å². The van der Waals surface area contributed by atoms with Crippen molar-refractivity contribution < 1.29 is 23.4 Å². The van der Waals surface area contributed by atoms with Gasteiger partial charge in [0.15, 0.2) is 0 Å². The van der Waals surface area contributed by atoms with Gasteiger partial charge in [-0.05, 0) is 36.8 Å². The quantitative estimate of drug-likeness (QED) is 0.516. The molecular formula is C20H18O6. The molecule has 3 aromatic rings. The first-order valence-electron chi connectivity index (χ1n) is 7.94. The maximum Gasteiger partial charge on any atom is 0.338 e. The van der Waals surface area contributed by atoms with E-state index in [1.165, 1.54) is 13.2 Å². The summed E-state index contributed by atoms with van der Waals surface area (Å²) in [7, 11) is 3.07. The van der Waals surface area contributed by atoms with Crippen molar-refractivity contribution in [2.75, 3.05) is 14.2 Å². The lowest BCUT2D eigenvalue weighted by Crippen LogP contribution is -2.08. The van der Waals surface area contributed by atoms with E-state index in [0.29, 0.717) is 33.6 Å². The molecule has 0 saturated heterocycles. The molecule has 0 radical (unpaired) electrons. The first-order valence-corrected chi connectivity index (χ1v) is 7.94. The summed E-state index contributed by atoms with van der Waals surface area (Å²) in [4.78, 5) is 24.1. The van der Waals surface area contributed by atoms with Gasteiger partial charge >= 0.3 is 11.6 Å². The minimum atomic E-state index is -0.520. The predicted molar refractivity (Wildman–Crippen MR) is 95.9 cm³/mol. The van der Waals surface area contributed by atoms with Crippen molar-refractivity contribution in [2.45, 2.75) is 13.5 Å². The monoisotopic (exact) mass is 354 g/mol. The van der Waals surface area contributed by atoms with Crippen LogP contribution in [0.3, 0.4) is 0 Å². The molecule has 3 rings (SSSR count). The fraction of sp³-hybridized carbons (Fsp3) is 0.200. The lowest BCUT2D eigenvalue weighted by molar-refractivity contribution is 0.0473. The van der Waals surface area contributed by atoms with Crippen molar-refractivity contribution >= 4 is 16.9 Å². The Balaban J connectivity index is 1.85. The van der Waals surface area contributed by atoms with Crippen molar-refractivity contribution in [1.82, 2.24) is 0 Å². The SMILES string of the molecule is COc1ccc2c(COC(=O)c3ccc(C)c(OC)c3)cc(=O)oc2c1. The highest BCUT2D eigenvalue weighted by Gasteiger charge is 2.13. The number of rotatable bonds is 5. The van der Waals surface area contributed by atoms with E-state index >= 15 is 0 Å². The van der Waals surface area contributed by atoms with Crippen LogP contribution in [0.15, 0.2) is 51.7 Å². The Morgan fingerprint density at radius 1 is 1.04 bits per heavy atom. The minimum absolute atomic E-state index is 0.0521. The fourth-order valence-electron chi connectivity index (χ4n) is 2.63. The van der Waals surface area contributed by atoms with E-state index in [2.05, 4.69) is 0 Å². The Morgan fingerprint density at radius 2 is 1.85 bits per heavy atom. The normalized spacial score (nSPS) is 10.6. The molecule has 0 amide bonds. The lowest BCUT2D eigenvalue weighted by Gasteiger charge is -2.10. The molecule has 26 heavy (non-hydrogen) atoms. The Bertz CT molecular complexity index is 1020. The van der Waals surface area contributed by atoms with Gasteiger partial charge in [-0.3, -0.25) is 0 Å². The lowest BCUT2D eigenvalue weighted by atomic mass is 10.1. The van der Waals surface area contributed by atoms with Gasteiger partial charge < -0.3 is 18.6 Å². The molecule has 6 heteroatoms. The molecular weight excluding hydrogens is 336 g/mol. The van der Waals surface area contributed by atoms with Crippen molar-refractivity contribution in [3.05, 3.63) is 69.6 Å². The van der Waals surface area contributed by atoms with Crippen LogP contribution in [0.4, 0.5) is 0 Å². The maximum absolute atomic E-state index is 12.3. The molecule has 0 saturated carbocycles. The van der Waals surface area contributed by atoms with E-state index in [4.69, 9.17) is 18.6 Å². The number of aryl methyl sites for hydroxylation is 1. The van der Waals surface area contributed by atoms with Crippen LogP contribution >= 0.6 is 0 Å². The summed E-state index contributed by atoms with van der Waals surface area (Å²) in [6, 6.07) is 11.5. The minimum Gasteiger partial charge on any atom is -0.497 e. The Labute approximate surface area is 149 Å². The largest absolute Gasteiger partial charge is 0.497 e. The number of fused-ring (bicyclic) bond motifs is 1. The van der Waals surface area contributed by atoms with Gasteiger partial charge in [-0.25, -0.2) is 9.59 Å². The second-order valence-corrected chi connectivity index (χ2v) is 5.71. The highest BCUT2D eigenvalue weighted by atomic mass is 16.5.